The van der Waals surface area contributed by atoms with Crippen molar-refractivity contribution in [1.82, 2.24) is 15.2 Å². The van der Waals surface area contributed by atoms with Crippen molar-refractivity contribution in [3.63, 3.8) is 0 Å². The molecule has 1 aromatic rings. The fourth-order valence-corrected chi connectivity index (χ4v) is 3.90. The molecule has 2 atom stereocenters. The number of carbonyl (C=O) groups is 1. The Hall–Kier alpha value is -0.980. The number of amides is 1. The van der Waals surface area contributed by atoms with Crippen molar-refractivity contribution in [2.75, 3.05) is 31.5 Å². The third-order valence-electron chi connectivity index (χ3n) is 4.84. The number of carbonyl (C=O) groups excluding carboxylic acids is 1. The van der Waals surface area contributed by atoms with E-state index >= 15 is 0 Å². The van der Waals surface area contributed by atoms with E-state index in [4.69, 9.17) is 0 Å². The first-order chi connectivity index (χ1) is 10.6. The van der Waals surface area contributed by atoms with Crippen LogP contribution in [0, 0.1) is 17.8 Å². The molecule has 2 aliphatic heterocycles. The summed E-state index contributed by atoms with van der Waals surface area (Å²) in [6, 6.07) is 0. The number of hydrogen-bond acceptors (Lipinski definition) is 5. The van der Waals surface area contributed by atoms with Crippen molar-refractivity contribution < 1.29 is 4.79 Å². The van der Waals surface area contributed by atoms with Crippen molar-refractivity contribution in [3.05, 3.63) is 11.1 Å². The van der Waals surface area contributed by atoms with Crippen LogP contribution in [-0.4, -0.2) is 42.0 Å². The molecule has 1 aromatic heterocycles. The van der Waals surface area contributed by atoms with Gasteiger partial charge in [-0.1, -0.05) is 13.8 Å². The standard InChI is InChI=1S/C16H26N4OS/c1-11-4-3-5-20(8-11)9-14-10-22-16(18-14)19-15(21)12(2)13-6-17-7-13/h10-13,17H,3-9H2,1-2H3,(H,18,19,21). The molecule has 2 saturated heterocycles. The zero-order chi connectivity index (χ0) is 15.5. The van der Waals surface area contributed by atoms with Crippen LogP contribution in [0.5, 0.6) is 0 Å². The van der Waals surface area contributed by atoms with Crippen LogP contribution in [0.4, 0.5) is 5.13 Å². The number of hydrogen-bond donors (Lipinski definition) is 2. The van der Waals surface area contributed by atoms with Gasteiger partial charge >= 0.3 is 0 Å². The first-order valence-corrected chi connectivity index (χ1v) is 9.18. The van der Waals surface area contributed by atoms with Crippen LogP contribution in [0.2, 0.25) is 0 Å². The van der Waals surface area contributed by atoms with Crippen molar-refractivity contribution in [2.24, 2.45) is 17.8 Å². The lowest BCUT2D eigenvalue weighted by molar-refractivity contribution is -0.121. The number of nitrogens with one attached hydrogen (secondary N) is 2. The normalized spacial score (nSPS) is 24.7. The molecule has 2 N–H and O–H groups in total. The van der Waals surface area contributed by atoms with E-state index in [1.807, 2.05) is 6.92 Å². The van der Waals surface area contributed by atoms with Crippen LogP contribution in [-0.2, 0) is 11.3 Å². The highest BCUT2D eigenvalue weighted by molar-refractivity contribution is 7.13. The molecule has 2 fully saturated rings. The highest BCUT2D eigenvalue weighted by atomic mass is 32.1. The van der Waals surface area contributed by atoms with Gasteiger partial charge in [-0.25, -0.2) is 4.98 Å². The van der Waals surface area contributed by atoms with Gasteiger partial charge in [-0.3, -0.25) is 9.69 Å². The lowest BCUT2D eigenvalue weighted by Crippen LogP contribution is -2.48. The highest BCUT2D eigenvalue weighted by Crippen LogP contribution is 2.23. The van der Waals surface area contributed by atoms with Crippen LogP contribution >= 0.6 is 11.3 Å². The number of nitrogens with zero attached hydrogens (tertiary/aromatic N) is 2. The Bertz CT molecular complexity index is 514. The molecule has 22 heavy (non-hydrogen) atoms. The minimum Gasteiger partial charge on any atom is -0.316 e. The summed E-state index contributed by atoms with van der Waals surface area (Å²) in [5.41, 5.74) is 1.08. The lowest BCUT2D eigenvalue weighted by atomic mass is 9.88. The van der Waals surface area contributed by atoms with Gasteiger partial charge in [0.1, 0.15) is 0 Å². The maximum atomic E-state index is 12.2. The van der Waals surface area contributed by atoms with Crippen LogP contribution < -0.4 is 10.6 Å². The summed E-state index contributed by atoms with van der Waals surface area (Å²) in [6.07, 6.45) is 2.62. The Morgan fingerprint density at radius 3 is 3.09 bits per heavy atom. The summed E-state index contributed by atoms with van der Waals surface area (Å²) in [5.74, 6) is 1.40. The van der Waals surface area contributed by atoms with Gasteiger partial charge in [0.05, 0.1) is 5.69 Å². The van der Waals surface area contributed by atoms with Gasteiger partial charge in [0.25, 0.3) is 0 Å². The molecule has 122 valence electrons. The SMILES string of the molecule is CC1CCCN(Cc2csc(NC(=O)C(C)C3CNC3)n2)C1. The fourth-order valence-electron chi connectivity index (χ4n) is 3.19. The zero-order valence-electron chi connectivity index (χ0n) is 13.5. The van der Waals surface area contributed by atoms with Gasteiger partial charge in [-0.05, 0) is 44.3 Å². The van der Waals surface area contributed by atoms with Crippen LogP contribution in [0.25, 0.3) is 0 Å². The second-order valence-electron chi connectivity index (χ2n) is 6.82. The smallest absolute Gasteiger partial charge is 0.229 e. The van der Waals surface area contributed by atoms with Gasteiger partial charge in [0.2, 0.25) is 5.91 Å². The lowest BCUT2D eigenvalue weighted by Gasteiger charge is -2.31. The van der Waals surface area contributed by atoms with Crippen molar-refractivity contribution in [1.29, 1.82) is 0 Å². The number of rotatable bonds is 5. The Kier molecular flexibility index (Phi) is 5.10. The minimum absolute atomic E-state index is 0.0524. The van der Waals surface area contributed by atoms with E-state index < -0.39 is 0 Å². The maximum absolute atomic E-state index is 12.2. The van der Waals surface area contributed by atoms with E-state index in [2.05, 4.69) is 32.8 Å². The molecule has 1 amide bonds. The summed E-state index contributed by atoms with van der Waals surface area (Å²) >= 11 is 1.54. The number of anilines is 1. The zero-order valence-corrected chi connectivity index (χ0v) is 14.3. The van der Waals surface area contributed by atoms with Crippen LogP contribution in [0.15, 0.2) is 5.38 Å². The fraction of sp³-hybridized carbons (Fsp3) is 0.750. The van der Waals surface area contributed by atoms with Crippen LogP contribution in [0.1, 0.15) is 32.4 Å². The molecule has 0 bridgehead atoms. The molecule has 0 saturated carbocycles. The first kappa shape index (κ1) is 15.9. The van der Waals surface area contributed by atoms with Gasteiger partial charge in [-0.2, -0.15) is 0 Å². The average Bonchev–Trinajstić information content (AvgIpc) is 2.84. The van der Waals surface area contributed by atoms with Gasteiger partial charge < -0.3 is 10.6 Å². The molecule has 5 nitrogen and oxygen atoms in total. The molecular formula is C16H26N4OS. The van der Waals surface area contributed by atoms with E-state index in [0.29, 0.717) is 5.92 Å². The van der Waals surface area contributed by atoms with E-state index in [1.54, 1.807) is 0 Å². The minimum atomic E-state index is 0.0524. The third-order valence-corrected chi connectivity index (χ3v) is 5.65. The molecular weight excluding hydrogens is 296 g/mol. The molecule has 2 unspecified atom stereocenters. The molecule has 0 radical (unpaired) electrons. The monoisotopic (exact) mass is 322 g/mol. The van der Waals surface area contributed by atoms with Crippen molar-refractivity contribution in [3.8, 4) is 0 Å². The quantitative estimate of drug-likeness (QED) is 0.872. The summed E-state index contributed by atoms with van der Waals surface area (Å²) in [4.78, 5) is 19.3. The first-order valence-electron chi connectivity index (χ1n) is 8.30. The van der Waals surface area contributed by atoms with E-state index in [-0.39, 0.29) is 11.8 Å². The largest absolute Gasteiger partial charge is 0.316 e. The van der Waals surface area contributed by atoms with E-state index in [9.17, 15) is 4.79 Å². The number of piperidine rings is 1. The molecule has 0 spiro atoms. The molecule has 0 aromatic carbocycles. The Morgan fingerprint density at radius 1 is 1.59 bits per heavy atom. The van der Waals surface area contributed by atoms with Gasteiger partial charge in [-0.15, -0.1) is 11.3 Å². The topological polar surface area (TPSA) is 57.3 Å². The predicted molar refractivity (Wildman–Crippen MR) is 89.9 cm³/mol. The Morgan fingerprint density at radius 2 is 2.41 bits per heavy atom. The summed E-state index contributed by atoms with van der Waals surface area (Å²) in [6.45, 7) is 9.44. The van der Waals surface area contributed by atoms with Crippen molar-refractivity contribution in [2.45, 2.75) is 33.2 Å². The summed E-state index contributed by atoms with van der Waals surface area (Å²) in [7, 11) is 0. The molecule has 3 rings (SSSR count). The van der Waals surface area contributed by atoms with E-state index in [0.717, 1.165) is 49.5 Å². The summed E-state index contributed by atoms with van der Waals surface area (Å²) < 4.78 is 0. The van der Waals surface area contributed by atoms with Crippen LogP contribution in [0.3, 0.4) is 0 Å². The Labute approximate surface area is 136 Å². The van der Waals surface area contributed by atoms with Crippen molar-refractivity contribution >= 4 is 22.4 Å². The second kappa shape index (κ2) is 7.06. The molecule has 3 heterocycles. The molecule has 2 aliphatic rings. The van der Waals surface area contributed by atoms with E-state index in [1.165, 1.54) is 24.2 Å². The molecule has 0 aliphatic carbocycles. The average molecular weight is 322 g/mol. The number of thiazole rings is 1. The number of likely N-dealkylation sites (tertiary alicyclic amines) is 1. The predicted octanol–water partition coefficient (Wildman–Crippen LogP) is 2.17. The third kappa shape index (κ3) is 3.86. The van der Waals surface area contributed by atoms with Gasteiger partial charge in [0, 0.05) is 24.4 Å². The molecule has 6 heteroatoms. The van der Waals surface area contributed by atoms with Gasteiger partial charge in [0.15, 0.2) is 5.13 Å². The summed E-state index contributed by atoms with van der Waals surface area (Å²) in [5, 5.41) is 9.01. The maximum Gasteiger partial charge on any atom is 0.229 e. The highest BCUT2D eigenvalue weighted by Gasteiger charge is 2.29. The second-order valence-corrected chi connectivity index (χ2v) is 7.68. The Balaban J connectivity index is 1.51. The number of aromatic nitrogens is 1.